The summed E-state index contributed by atoms with van der Waals surface area (Å²) < 4.78 is 0. The minimum absolute atomic E-state index is 0.144. The van der Waals surface area contributed by atoms with E-state index in [-0.39, 0.29) is 11.1 Å². The zero-order valence-electron chi connectivity index (χ0n) is 9.97. The molecule has 2 heteroatoms. The van der Waals surface area contributed by atoms with E-state index in [0.717, 1.165) is 0 Å². The highest BCUT2D eigenvalue weighted by Gasteiger charge is 2.42. The molecular formula is C12H23NO. The van der Waals surface area contributed by atoms with Crippen LogP contribution in [0.25, 0.3) is 0 Å². The first kappa shape index (κ1) is 11.7. The van der Waals surface area contributed by atoms with Crippen molar-refractivity contribution >= 4 is 0 Å². The van der Waals surface area contributed by atoms with Crippen molar-refractivity contribution in [2.75, 3.05) is 6.61 Å². The maximum atomic E-state index is 5.78. The average Bonchev–Trinajstić information content (AvgIpc) is 2.01. The fraction of sp³-hybridized carbons (Fsp3) is 0.833. The van der Waals surface area contributed by atoms with Gasteiger partial charge in [-0.25, -0.2) is 0 Å². The lowest BCUT2D eigenvalue weighted by molar-refractivity contribution is -0.274. The van der Waals surface area contributed by atoms with Crippen molar-refractivity contribution in [3.8, 4) is 0 Å². The number of hydroxylamine groups is 2. The van der Waals surface area contributed by atoms with Crippen LogP contribution in [-0.2, 0) is 4.84 Å². The van der Waals surface area contributed by atoms with Gasteiger partial charge in [0.2, 0.25) is 0 Å². The predicted octanol–water partition coefficient (Wildman–Crippen LogP) is 3.15. The molecule has 1 aliphatic rings. The number of hydrogen-bond donors (Lipinski definition) is 0. The van der Waals surface area contributed by atoms with E-state index in [1.165, 1.54) is 19.3 Å². The van der Waals surface area contributed by atoms with Crippen LogP contribution in [0.4, 0.5) is 0 Å². The Hall–Kier alpha value is -0.340. The molecule has 1 aliphatic heterocycles. The number of piperidine rings is 1. The second-order valence-corrected chi connectivity index (χ2v) is 5.36. The Bertz CT molecular complexity index is 192. The second kappa shape index (κ2) is 4.03. The molecule has 1 heterocycles. The zero-order chi connectivity index (χ0) is 10.8. The Morgan fingerprint density at radius 3 is 2.14 bits per heavy atom. The van der Waals surface area contributed by atoms with Crippen LogP contribution in [-0.4, -0.2) is 22.7 Å². The Labute approximate surface area is 87.9 Å². The van der Waals surface area contributed by atoms with Crippen LogP contribution in [0.5, 0.6) is 0 Å². The topological polar surface area (TPSA) is 12.5 Å². The SMILES string of the molecule is C=CCON1C(C)(C)CCCC1(C)C. The van der Waals surface area contributed by atoms with E-state index in [1.54, 1.807) is 6.08 Å². The van der Waals surface area contributed by atoms with Gasteiger partial charge >= 0.3 is 0 Å². The zero-order valence-corrected chi connectivity index (χ0v) is 9.97. The summed E-state index contributed by atoms with van der Waals surface area (Å²) in [7, 11) is 0. The van der Waals surface area contributed by atoms with Gasteiger partial charge in [-0.15, -0.1) is 6.58 Å². The monoisotopic (exact) mass is 197 g/mol. The van der Waals surface area contributed by atoms with Gasteiger partial charge < -0.3 is 0 Å². The summed E-state index contributed by atoms with van der Waals surface area (Å²) in [5.41, 5.74) is 0.287. The van der Waals surface area contributed by atoms with E-state index in [1.807, 2.05) is 0 Å². The lowest BCUT2D eigenvalue weighted by Gasteiger charge is -2.51. The molecule has 0 spiro atoms. The van der Waals surface area contributed by atoms with Crippen molar-refractivity contribution in [2.24, 2.45) is 0 Å². The van der Waals surface area contributed by atoms with Crippen LogP contribution in [0.3, 0.4) is 0 Å². The maximum absolute atomic E-state index is 5.78. The molecule has 0 aliphatic carbocycles. The summed E-state index contributed by atoms with van der Waals surface area (Å²) >= 11 is 0. The van der Waals surface area contributed by atoms with Crippen molar-refractivity contribution in [3.05, 3.63) is 12.7 Å². The minimum Gasteiger partial charge on any atom is -0.294 e. The van der Waals surface area contributed by atoms with Crippen molar-refractivity contribution in [1.82, 2.24) is 5.06 Å². The van der Waals surface area contributed by atoms with E-state index in [0.29, 0.717) is 6.61 Å². The summed E-state index contributed by atoms with van der Waals surface area (Å²) in [5.74, 6) is 0. The van der Waals surface area contributed by atoms with Gasteiger partial charge in [-0.3, -0.25) is 4.84 Å². The Balaban J connectivity index is 2.74. The molecule has 0 unspecified atom stereocenters. The van der Waals surface area contributed by atoms with Crippen molar-refractivity contribution in [3.63, 3.8) is 0 Å². The van der Waals surface area contributed by atoms with E-state index in [4.69, 9.17) is 4.84 Å². The summed E-state index contributed by atoms with van der Waals surface area (Å²) in [6.45, 7) is 13.3. The van der Waals surface area contributed by atoms with Gasteiger partial charge in [-0.2, -0.15) is 5.06 Å². The molecule has 0 bridgehead atoms. The van der Waals surface area contributed by atoms with Crippen LogP contribution in [0, 0.1) is 0 Å². The number of rotatable bonds is 3. The normalized spacial score (nSPS) is 26.0. The first-order valence-electron chi connectivity index (χ1n) is 5.44. The van der Waals surface area contributed by atoms with E-state index >= 15 is 0 Å². The van der Waals surface area contributed by atoms with Crippen LogP contribution < -0.4 is 0 Å². The molecule has 1 rings (SSSR count). The van der Waals surface area contributed by atoms with Gasteiger partial charge in [-0.1, -0.05) is 6.08 Å². The highest BCUT2D eigenvalue weighted by Crippen LogP contribution is 2.38. The van der Waals surface area contributed by atoms with E-state index < -0.39 is 0 Å². The standard InChI is InChI=1S/C12H23NO/c1-6-10-14-13-11(2,3)8-7-9-12(13,4)5/h6H,1,7-10H2,2-5H3. The van der Waals surface area contributed by atoms with Gasteiger partial charge in [-0.05, 0) is 47.0 Å². The molecule has 0 aromatic rings. The molecule has 82 valence electrons. The quantitative estimate of drug-likeness (QED) is 0.644. The Morgan fingerprint density at radius 1 is 1.21 bits per heavy atom. The summed E-state index contributed by atoms with van der Waals surface area (Å²) in [5, 5.41) is 2.16. The molecule has 0 radical (unpaired) electrons. The molecule has 0 amide bonds. The van der Waals surface area contributed by atoms with Gasteiger partial charge in [0.05, 0.1) is 6.61 Å². The molecule has 0 atom stereocenters. The average molecular weight is 197 g/mol. The molecule has 1 fully saturated rings. The van der Waals surface area contributed by atoms with Crippen molar-refractivity contribution < 1.29 is 4.84 Å². The van der Waals surface area contributed by atoms with Gasteiger partial charge in [0, 0.05) is 11.1 Å². The first-order valence-corrected chi connectivity index (χ1v) is 5.44. The van der Waals surface area contributed by atoms with Gasteiger partial charge in [0.15, 0.2) is 0 Å². The molecule has 1 saturated heterocycles. The third-order valence-electron chi connectivity index (χ3n) is 3.00. The molecule has 14 heavy (non-hydrogen) atoms. The smallest absolute Gasteiger partial charge is 0.0864 e. The number of hydrogen-bond acceptors (Lipinski definition) is 2. The van der Waals surface area contributed by atoms with E-state index in [2.05, 4.69) is 39.3 Å². The fourth-order valence-corrected chi connectivity index (χ4v) is 2.45. The van der Waals surface area contributed by atoms with Crippen LogP contribution in [0.15, 0.2) is 12.7 Å². The van der Waals surface area contributed by atoms with Crippen molar-refractivity contribution in [2.45, 2.75) is 58.0 Å². The summed E-state index contributed by atoms with van der Waals surface area (Å²) in [6, 6.07) is 0. The summed E-state index contributed by atoms with van der Waals surface area (Å²) in [4.78, 5) is 5.78. The third kappa shape index (κ3) is 2.37. The largest absolute Gasteiger partial charge is 0.294 e. The predicted molar refractivity (Wildman–Crippen MR) is 60.0 cm³/mol. The highest BCUT2D eigenvalue weighted by molar-refractivity contribution is 4.93. The van der Waals surface area contributed by atoms with Crippen LogP contribution >= 0.6 is 0 Å². The number of nitrogens with zero attached hydrogens (tertiary/aromatic N) is 1. The molecule has 0 aromatic carbocycles. The lowest BCUT2D eigenvalue weighted by atomic mass is 9.82. The first-order chi connectivity index (χ1) is 6.40. The summed E-state index contributed by atoms with van der Waals surface area (Å²) in [6.07, 6.45) is 5.50. The maximum Gasteiger partial charge on any atom is 0.0864 e. The molecule has 0 saturated carbocycles. The Kier molecular flexibility index (Phi) is 3.38. The third-order valence-corrected chi connectivity index (χ3v) is 3.00. The van der Waals surface area contributed by atoms with Gasteiger partial charge in [0.1, 0.15) is 0 Å². The highest BCUT2D eigenvalue weighted by atomic mass is 16.7. The minimum atomic E-state index is 0.144. The molecule has 0 aromatic heterocycles. The van der Waals surface area contributed by atoms with Gasteiger partial charge in [0.25, 0.3) is 0 Å². The fourth-order valence-electron chi connectivity index (χ4n) is 2.45. The van der Waals surface area contributed by atoms with E-state index in [9.17, 15) is 0 Å². The lowest BCUT2D eigenvalue weighted by Crippen LogP contribution is -2.58. The molecule has 2 nitrogen and oxygen atoms in total. The molecular weight excluding hydrogens is 174 g/mol. The molecule has 0 N–H and O–H groups in total. The Morgan fingerprint density at radius 2 is 1.71 bits per heavy atom. The van der Waals surface area contributed by atoms with Crippen molar-refractivity contribution in [1.29, 1.82) is 0 Å². The van der Waals surface area contributed by atoms with Crippen LogP contribution in [0.2, 0.25) is 0 Å². The van der Waals surface area contributed by atoms with Crippen LogP contribution in [0.1, 0.15) is 47.0 Å². The second-order valence-electron chi connectivity index (χ2n) is 5.36.